The van der Waals surface area contributed by atoms with E-state index in [1.54, 1.807) is 6.92 Å². The summed E-state index contributed by atoms with van der Waals surface area (Å²) < 4.78 is 0. The maximum Gasteiger partial charge on any atom is 0.237 e. The van der Waals surface area contributed by atoms with Crippen LogP contribution in [0, 0.1) is 23.7 Å². The molecule has 0 aromatic heterocycles. The molecule has 2 rings (SSSR count). The van der Waals surface area contributed by atoms with Crippen LogP contribution in [0.15, 0.2) is 30.3 Å². The number of carbonyl (C=O) groups is 2. The summed E-state index contributed by atoms with van der Waals surface area (Å²) in [6.45, 7) is 8.67. The highest BCUT2D eigenvalue weighted by atomic mass is 16.2. The Morgan fingerprint density at radius 1 is 1.15 bits per heavy atom. The number of nitrogens with one attached hydrogen (secondary N) is 2. The second-order valence-corrected chi connectivity index (χ2v) is 8.44. The number of amides is 2. The average Bonchev–Trinajstić information content (AvgIpc) is 2.64. The molecule has 1 aromatic rings. The van der Waals surface area contributed by atoms with Gasteiger partial charge in [-0.1, -0.05) is 57.5 Å². The van der Waals surface area contributed by atoms with Crippen molar-refractivity contribution in [2.75, 3.05) is 6.54 Å². The summed E-state index contributed by atoms with van der Waals surface area (Å²) >= 11 is 0. The SMILES string of the molecule is CC(C)[C@@H]1CC[C@@H](C)C[C@H]1C(=O)NCC(NC(=O)[C@H](C)N)c1ccccc1. The summed E-state index contributed by atoms with van der Waals surface area (Å²) in [5, 5.41) is 6.06. The van der Waals surface area contributed by atoms with Gasteiger partial charge in [-0.15, -0.1) is 0 Å². The molecule has 4 N–H and O–H groups in total. The van der Waals surface area contributed by atoms with Crippen molar-refractivity contribution < 1.29 is 9.59 Å². The smallest absolute Gasteiger partial charge is 0.237 e. The maximum atomic E-state index is 13.0. The summed E-state index contributed by atoms with van der Waals surface area (Å²) in [6.07, 6.45) is 3.25. The third kappa shape index (κ3) is 6.06. The van der Waals surface area contributed by atoms with Gasteiger partial charge in [-0.3, -0.25) is 9.59 Å². The highest BCUT2D eigenvalue weighted by molar-refractivity contribution is 5.82. The van der Waals surface area contributed by atoms with Crippen LogP contribution in [0.3, 0.4) is 0 Å². The molecule has 0 radical (unpaired) electrons. The molecule has 0 saturated heterocycles. The van der Waals surface area contributed by atoms with E-state index in [1.807, 2.05) is 30.3 Å². The molecule has 27 heavy (non-hydrogen) atoms. The number of benzene rings is 1. The summed E-state index contributed by atoms with van der Waals surface area (Å²) in [5.74, 6) is 1.44. The predicted molar refractivity (Wildman–Crippen MR) is 109 cm³/mol. The quantitative estimate of drug-likeness (QED) is 0.687. The maximum absolute atomic E-state index is 13.0. The lowest BCUT2D eigenvalue weighted by Crippen LogP contribution is -2.46. The molecule has 2 amide bonds. The minimum atomic E-state index is -0.587. The van der Waals surface area contributed by atoms with Crippen molar-refractivity contribution in [1.82, 2.24) is 10.6 Å². The van der Waals surface area contributed by atoms with Gasteiger partial charge in [0.05, 0.1) is 12.1 Å². The highest BCUT2D eigenvalue weighted by Crippen LogP contribution is 2.38. The second-order valence-electron chi connectivity index (χ2n) is 8.44. The molecule has 5 heteroatoms. The van der Waals surface area contributed by atoms with Gasteiger partial charge in [-0.2, -0.15) is 0 Å². The van der Waals surface area contributed by atoms with Gasteiger partial charge in [0.15, 0.2) is 0 Å². The molecule has 150 valence electrons. The van der Waals surface area contributed by atoms with E-state index in [9.17, 15) is 9.59 Å². The number of hydrogen-bond acceptors (Lipinski definition) is 3. The Morgan fingerprint density at radius 3 is 2.41 bits per heavy atom. The summed E-state index contributed by atoms with van der Waals surface area (Å²) in [4.78, 5) is 25.1. The fraction of sp³-hybridized carbons (Fsp3) is 0.636. The van der Waals surface area contributed by atoms with E-state index in [2.05, 4.69) is 31.4 Å². The molecule has 0 heterocycles. The Hall–Kier alpha value is -1.88. The minimum absolute atomic E-state index is 0.0503. The van der Waals surface area contributed by atoms with Crippen LogP contribution in [0.1, 0.15) is 58.6 Å². The van der Waals surface area contributed by atoms with Crippen molar-refractivity contribution in [2.24, 2.45) is 29.4 Å². The van der Waals surface area contributed by atoms with Gasteiger partial charge >= 0.3 is 0 Å². The number of nitrogens with two attached hydrogens (primary N) is 1. The molecule has 1 saturated carbocycles. The van der Waals surface area contributed by atoms with Gasteiger partial charge in [0.25, 0.3) is 0 Å². The second kappa shape index (κ2) is 9.88. The van der Waals surface area contributed by atoms with Crippen molar-refractivity contribution in [1.29, 1.82) is 0 Å². The van der Waals surface area contributed by atoms with Crippen LogP contribution >= 0.6 is 0 Å². The van der Waals surface area contributed by atoms with E-state index in [0.29, 0.717) is 24.3 Å². The Labute approximate surface area is 163 Å². The highest BCUT2D eigenvalue weighted by Gasteiger charge is 2.35. The van der Waals surface area contributed by atoms with Gasteiger partial charge in [-0.25, -0.2) is 0 Å². The molecule has 0 spiro atoms. The summed E-state index contributed by atoms with van der Waals surface area (Å²) in [6, 6.07) is 8.84. The van der Waals surface area contributed by atoms with E-state index in [1.165, 1.54) is 6.42 Å². The Kier molecular flexibility index (Phi) is 7.84. The van der Waals surface area contributed by atoms with Crippen LogP contribution in [0.5, 0.6) is 0 Å². The third-order valence-electron chi connectivity index (χ3n) is 5.77. The van der Waals surface area contributed by atoms with Crippen LogP contribution < -0.4 is 16.4 Å². The van der Waals surface area contributed by atoms with Crippen molar-refractivity contribution >= 4 is 11.8 Å². The van der Waals surface area contributed by atoms with Crippen molar-refractivity contribution in [3.8, 4) is 0 Å². The summed E-state index contributed by atoms with van der Waals surface area (Å²) in [7, 11) is 0. The normalized spacial score (nSPS) is 24.9. The Morgan fingerprint density at radius 2 is 1.81 bits per heavy atom. The lowest BCUT2D eigenvalue weighted by molar-refractivity contribution is -0.130. The first-order valence-electron chi connectivity index (χ1n) is 10.2. The zero-order valence-electron chi connectivity index (χ0n) is 17.1. The average molecular weight is 374 g/mol. The van der Waals surface area contributed by atoms with Crippen LogP contribution in [0.4, 0.5) is 0 Å². The Balaban J connectivity index is 2.06. The zero-order chi connectivity index (χ0) is 20.0. The standard InChI is InChI=1S/C22H35N3O2/c1-14(2)18-11-10-15(3)12-19(18)22(27)24-13-20(25-21(26)16(4)23)17-8-6-5-7-9-17/h5-9,14-16,18-20H,10-13,23H2,1-4H3,(H,24,27)(H,25,26)/t15-,16+,18+,19-,20?/m1/s1. The van der Waals surface area contributed by atoms with Crippen LogP contribution in [0.25, 0.3) is 0 Å². The number of carbonyl (C=O) groups excluding carboxylic acids is 2. The third-order valence-corrected chi connectivity index (χ3v) is 5.77. The molecule has 1 aromatic carbocycles. The fourth-order valence-corrected chi connectivity index (χ4v) is 4.08. The lowest BCUT2D eigenvalue weighted by atomic mass is 9.70. The van der Waals surface area contributed by atoms with Gasteiger partial charge in [0, 0.05) is 12.5 Å². The summed E-state index contributed by atoms with van der Waals surface area (Å²) in [5.41, 5.74) is 6.66. The van der Waals surface area contributed by atoms with E-state index >= 15 is 0 Å². The van der Waals surface area contributed by atoms with Crippen LogP contribution in [-0.4, -0.2) is 24.4 Å². The lowest BCUT2D eigenvalue weighted by Gasteiger charge is -2.36. The fourth-order valence-electron chi connectivity index (χ4n) is 4.08. The van der Waals surface area contributed by atoms with Crippen LogP contribution in [0.2, 0.25) is 0 Å². The van der Waals surface area contributed by atoms with Gasteiger partial charge in [0.1, 0.15) is 0 Å². The minimum Gasteiger partial charge on any atom is -0.353 e. The number of rotatable bonds is 7. The first-order chi connectivity index (χ1) is 12.8. The topological polar surface area (TPSA) is 84.2 Å². The Bertz CT molecular complexity index is 615. The molecular formula is C22H35N3O2. The van der Waals surface area contributed by atoms with Crippen molar-refractivity contribution in [3.63, 3.8) is 0 Å². The van der Waals surface area contributed by atoms with E-state index in [0.717, 1.165) is 18.4 Å². The largest absolute Gasteiger partial charge is 0.353 e. The van der Waals surface area contributed by atoms with Crippen molar-refractivity contribution in [2.45, 2.75) is 59.0 Å². The molecule has 1 aliphatic carbocycles. The predicted octanol–water partition coefficient (Wildman–Crippen LogP) is 3.02. The molecular weight excluding hydrogens is 338 g/mol. The molecule has 5 atom stereocenters. The molecule has 5 nitrogen and oxygen atoms in total. The van der Waals surface area contributed by atoms with Gasteiger partial charge < -0.3 is 16.4 Å². The van der Waals surface area contributed by atoms with Gasteiger partial charge in [0.2, 0.25) is 11.8 Å². The van der Waals surface area contributed by atoms with E-state index < -0.39 is 6.04 Å². The molecule has 0 bridgehead atoms. The molecule has 1 fully saturated rings. The monoisotopic (exact) mass is 373 g/mol. The molecule has 0 aliphatic heterocycles. The van der Waals surface area contributed by atoms with Crippen LogP contribution in [-0.2, 0) is 9.59 Å². The molecule has 1 aliphatic rings. The van der Waals surface area contributed by atoms with E-state index in [4.69, 9.17) is 5.73 Å². The van der Waals surface area contributed by atoms with Gasteiger partial charge in [-0.05, 0) is 43.1 Å². The zero-order valence-corrected chi connectivity index (χ0v) is 17.1. The van der Waals surface area contributed by atoms with E-state index in [-0.39, 0.29) is 23.8 Å². The molecule has 1 unspecified atom stereocenters. The first kappa shape index (κ1) is 21.4. The van der Waals surface area contributed by atoms with Crippen molar-refractivity contribution in [3.05, 3.63) is 35.9 Å². The first-order valence-corrected chi connectivity index (χ1v) is 10.2. The number of hydrogen-bond donors (Lipinski definition) is 3.